The molecule has 0 saturated carbocycles. The van der Waals surface area contributed by atoms with Crippen LogP contribution in [0.1, 0.15) is 33.6 Å². The molecule has 0 radical (unpaired) electrons. The van der Waals surface area contributed by atoms with E-state index in [1.807, 2.05) is 0 Å². The normalized spacial score (nSPS) is 15.4. The maximum atomic E-state index is 11.8. The Morgan fingerprint density at radius 3 is 2.42 bits per heavy atom. The van der Waals surface area contributed by atoms with E-state index >= 15 is 0 Å². The number of nitrogens with zero attached hydrogens (tertiary/aromatic N) is 1. The molecule has 1 heterocycles. The Morgan fingerprint density at radius 2 is 1.88 bits per heavy atom. The topological polar surface area (TPSA) is 97.0 Å². The average Bonchev–Trinajstić information content (AvgIpc) is 2.49. The van der Waals surface area contributed by atoms with Crippen LogP contribution in [0.4, 0.5) is 9.59 Å². The third-order valence-corrected chi connectivity index (χ3v) is 3.24. The first-order valence-corrected chi connectivity index (χ1v) is 8.00. The number of ether oxygens (including phenoxy) is 2. The van der Waals surface area contributed by atoms with Crippen molar-refractivity contribution in [1.82, 2.24) is 15.5 Å². The summed E-state index contributed by atoms with van der Waals surface area (Å²) in [5.74, 6) is -0.284. The average molecular weight is 341 g/mol. The summed E-state index contributed by atoms with van der Waals surface area (Å²) in [4.78, 5) is 36.6. The van der Waals surface area contributed by atoms with Gasteiger partial charge in [0.1, 0.15) is 18.8 Å². The minimum absolute atomic E-state index is 0.0265. The van der Waals surface area contributed by atoms with Gasteiger partial charge in [-0.15, -0.1) is 0 Å². The van der Waals surface area contributed by atoms with Crippen LogP contribution in [0.5, 0.6) is 0 Å². The zero-order valence-corrected chi connectivity index (χ0v) is 14.6. The maximum Gasteiger partial charge on any atom is 0.410 e. The number of amides is 3. The van der Waals surface area contributed by atoms with Gasteiger partial charge in [0.2, 0.25) is 5.91 Å². The monoisotopic (exact) mass is 341 g/mol. The number of carbonyl (C=O) groups excluding carboxylic acids is 3. The highest BCUT2D eigenvalue weighted by molar-refractivity contribution is 5.82. The molecule has 0 aromatic rings. The van der Waals surface area contributed by atoms with Crippen molar-refractivity contribution in [3.63, 3.8) is 0 Å². The molecule has 8 heteroatoms. The van der Waals surface area contributed by atoms with Gasteiger partial charge in [-0.3, -0.25) is 4.79 Å². The molecule has 136 valence electrons. The van der Waals surface area contributed by atoms with Crippen LogP contribution in [-0.2, 0) is 14.3 Å². The van der Waals surface area contributed by atoms with Gasteiger partial charge >= 0.3 is 12.2 Å². The molecule has 0 spiro atoms. The van der Waals surface area contributed by atoms with Crippen molar-refractivity contribution in [2.24, 2.45) is 0 Å². The Morgan fingerprint density at radius 1 is 1.25 bits per heavy atom. The lowest BCUT2D eigenvalue weighted by Crippen LogP contribution is -2.49. The van der Waals surface area contributed by atoms with Crippen LogP contribution in [0.15, 0.2) is 12.7 Å². The zero-order valence-electron chi connectivity index (χ0n) is 14.6. The van der Waals surface area contributed by atoms with Crippen molar-refractivity contribution in [3.05, 3.63) is 12.7 Å². The summed E-state index contributed by atoms with van der Waals surface area (Å²) >= 11 is 0. The van der Waals surface area contributed by atoms with Gasteiger partial charge in [0.25, 0.3) is 0 Å². The quantitative estimate of drug-likeness (QED) is 0.737. The van der Waals surface area contributed by atoms with E-state index in [9.17, 15) is 14.4 Å². The fourth-order valence-corrected chi connectivity index (χ4v) is 2.17. The molecule has 0 aromatic carbocycles. The van der Waals surface area contributed by atoms with E-state index in [2.05, 4.69) is 17.2 Å². The van der Waals surface area contributed by atoms with E-state index in [1.54, 1.807) is 25.7 Å². The van der Waals surface area contributed by atoms with Crippen LogP contribution in [0.2, 0.25) is 0 Å². The lowest BCUT2D eigenvalue weighted by molar-refractivity contribution is -0.121. The molecule has 0 bridgehead atoms. The number of likely N-dealkylation sites (tertiary alicyclic amines) is 1. The van der Waals surface area contributed by atoms with Gasteiger partial charge in [-0.2, -0.15) is 0 Å². The molecule has 1 aliphatic rings. The summed E-state index contributed by atoms with van der Waals surface area (Å²) in [7, 11) is 0. The van der Waals surface area contributed by atoms with E-state index in [0.29, 0.717) is 25.9 Å². The van der Waals surface area contributed by atoms with Crippen LogP contribution in [0.25, 0.3) is 0 Å². The summed E-state index contributed by atoms with van der Waals surface area (Å²) in [5, 5.41) is 5.25. The third-order valence-electron chi connectivity index (χ3n) is 3.24. The Labute approximate surface area is 142 Å². The molecular formula is C16H27N3O5. The maximum absolute atomic E-state index is 11.8. The number of piperidine rings is 1. The highest BCUT2D eigenvalue weighted by Crippen LogP contribution is 2.11. The van der Waals surface area contributed by atoms with Crippen molar-refractivity contribution < 1.29 is 23.9 Å². The van der Waals surface area contributed by atoms with Crippen LogP contribution in [-0.4, -0.2) is 60.9 Å². The van der Waals surface area contributed by atoms with Gasteiger partial charge in [-0.1, -0.05) is 12.7 Å². The molecule has 1 aliphatic heterocycles. The number of rotatable bonds is 5. The van der Waals surface area contributed by atoms with Crippen LogP contribution in [0, 0.1) is 0 Å². The highest BCUT2D eigenvalue weighted by atomic mass is 16.6. The molecule has 24 heavy (non-hydrogen) atoms. The van der Waals surface area contributed by atoms with Gasteiger partial charge in [0, 0.05) is 19.1 Å². The predicted octanol–water partition coefficient (Wildman–Crippen LogP) is 1.41. The molecule has 0 aliphatic carbocycles. The number of carbonyl (C=O) groups is 3. The molecule has 1 rings (SSSR count). The van der Waals surface area contributed by atoms with Crippen molar-refractivity contribution >= 4 is 18.1 Å². The molecule has 0 atom stereocenters. The summed E-state index contributed by atoms with van der Waals surface area (Å²) in [5.41, 5.74) is -0.604. The summed E-state index contributed by atoms with van der Waals surface area (Å²) in [6.07, 6.45) is 1.80. The zero-order chi connectivity index (χ0) is 18.2. The molecule has 1 saturated heterocycles. The van der Waals surface area contributed by atoms with E-state index in [-0.39, 0.29) is 31.2 Å². The third kappa shape index (κ3) is 7.85. The van der Waals surface area contributed by atoms with E-state index in [0.717, 1.165) is 0 Å². The standard InChI is InChI=1S/C16H27N3O5/c1-5-10-23-15(22)19-8-6-12(7-9-19)18-13(20)11-17-14(21)24-16(2,3)4/h5,12H,1,6-11H2,2-4H3,(H,17,21)(H,18,20). The molecule has 1 fully saturated rings. The lowest BCUT2D eigenvalue weighted by Gasteiger charge is -2.31. The molecule has 0 aromatic heterocycles. The number of hydrogen-bond acceptors (Lipinski definition) is 5. The van der Waals surface area contributed by atoms with Crippen molar-refractivity contribution in [2.45, 2.75) is 45.3 Å². The number of nitrogens with one attached hydrogen (secondary N) is 2. The second-order valence-corrected chi connectivity index (χ2v) is 6.55. The van der Waals surface area contributed by atoms with Crippen molar-refractivity contribution in [2.75, 3.05) is 26.2 Å². The lowest BCUT2D eigenvalue weighted by atomic mass is 10.1. The SMILES string of the molecule is C=CCOC(=O)N1CCC(NC(=O)CNC(=O)OC(C)(C)C)CC1. The molecular weight excluding hydrogens is 314 g/mol. The summed E-state index contributed by atoms with van der Waals surface area (Å²) in [6.45, 7) is 9.81. The summed E-state index contributed by atoms with van der Waals surface area (Å²) in [6, 6.07) is -0.0265. The minimum atomic E-state index is -0.627. The van der Waals surface area contributed by atoms with Crippen LogP contribution >= 0.6 is 0 Å². The minimum Gasteiger partial charge on any atom is -0.445 e. The first-order valence-electron chi connectivity index (χ1n) is 8.00. The summed E-state index contributed by atoms with van der Waals surface area (Å²) < 4.78 is 10.0. The number of hydrogen-bond donors (Lipinski definition) is 2. The molecule has 8 nitrogen and oxygen atoms in total. The molecule has 2 N–H and O–H groups in total. The second-order valence-electron chi connectivity index (χ2n) is 6.55. The predicted molar refractivity (Wildman–Crippen MR) is 88.5 cm³/mol. The fourth-order valence-electron chi connectivity index (χ4n) is 2.17. The Bertz CT molecular complexity index is 465. The molecule has 0 unspecified atom stereocenters. The molecule has 3 amide bonds. The number of alkyl carbamates (subject to hydrolysis) is 1. The van der Waals surface area contributed by atoms with Crippen LogP contribution in [0.3, 0.4) is 0 Å². The van der Waals surface area contributed by atoms with Gasteiger partial charge in [0.15, 0.2) is 0 Å². The Hall–Kier alpha value is -2.25. The van der Waals surface area contributed by atoms with Crippen molar-refractivity contribution in [1.29, 1.82) is 0 Å². The Kier molecular flexibility index (Phi) is 7.54. The van der Waals surface area contributed by atoms with Gasteiger partial charge in [0.05, 0.1) is 0 Å². The smallest absolute Gasteiger partial charge is 0.410 e. The van der Waals surface area contributed by atoms with E-state index in [4.69, 9.17) is 9.47 Å². The van der Waals surface area contributed by atoms with E-state index < -0.39 is 11.7 Å². The van der Waals surface area contributed by atoms with E-state index in [1.165, 1.54) is 6.08 Å². The first-order chi connectivity index (χ1) is 11.2. The first kappa shape index (κ1) is 19.8. The van der Waals surface area contributed by atoms with Gasteiger partial charge in [-0.05, 0) is 33.6 Å². The highest BCUT2D eigenvalue weighted by Gasteiger charge is 2.24. The van der Waals surface area contributed by atoms with Crippen molar-refractivity contribution in [3.8, 4) is 0 Å². The van der Waals surface area contributed by atoms with Crippen LogP contribution < -0.4 is 10.6 Å². The fraction of sp³-hybridized carbons (Fsp3) is 0.688. The second kappa shape index (κ2) is 9.14. The largest absolute Gasteiger partial charge is 0.445 e. The Balaban J connectivity index is 2.24. The van der Waals surface area contributed by atoms with Gasteiger partial charge < -0.3 is 25.0 Å². The van der Waals surface area contributed by atoms with Gasteiger partial charge in [-0.25, -0.2) is 9.59 Å².